The van der Waals surface area contributed by atoms with Crippen LogP contribution in [0.3, 0.4) is 0 Å². The number of Topliss-reactive ketones (excluding diaryl/α,β-unsaturated/α-hetero) is 1. The zero-order valence-electron chi connectivity index (χ0n) is 15.3. The third-order valence-electron chi connectivity index (χ3n) is 4.66. The van der Waals surface area contributed by atoms with E-state index in [1.54, 1.807) is 47.4 Å². The van der Waals surface area contributed by atoms with Gasteiger partial charge in [0.2, 0.25) is 11.7 Å². The fourth-order valence-corrected chi connectivity index (χ4v) is 3.15. The molecular formula is C21H21NO5. The van der Waals surface area contributed by atoms with Gasteiger partial charge in [-0.05, 0) is 54.8 Å². The van der Waals surface area contributed by atoms with E-state index < -0.39 is 12.1 Å². The van der Waals surface area contributed by atoms with E-state index >= 15 is 0 Å². The molecule has 1 aliphatic rings. The topological polar surface area (TPSA) is 83.9 Å². The molecule has 1 amide bonds. The Hall–Kier alpha value is -2.99. The van der Waals surface area contributed by atoms with Crippen molar-refractivity contribution >= 4 is 23.3 Å². The molecule has 6 nitrogen and oxygen atoms in total. The summed E-state index contributed by atoms with van der Waals surface area (Å²) in [5.74, 6) is -0.911. The van der Waals surface area contributed by atoms with E-state index in [-0.39, 0.29) is 18.3 Å². The molecule has 1 N–H and O–H groups in total. The lowest BCUT2D eigenvalue weighted by molar-refractivity contribution is -0.116. The third kappa shape index (κ3) is 3.90. The summed E-state index contributed by atoms with van der Waals surface area (Å²) in [4.78, 5) is 38.2. The van der Waals surface area contributed by atoms with Gasteiger partial charge in [0.15, 0.2) is 6.10 Å². The van der Waals surface area contributed by atoms with Crippen molar-refractivity contribution in [2.24, 2.45) is 0 Å². The van der Waals surface area contributed by atoms with Gasteiger partial charge in [-0.25, -0.2) is 4.79 Å². The van der Waals surface area contributed by atoms with Gasteiger partial charge in [0.25, 0.3) is 0 Å². The number of ether oxygens (including phenoxy) is 1. The van der Waals surface area contributed by atoms with Gasteiger partial charge in [-0.2, -0.15) is 0 Å². The molecule has 27 heavy (non-hydrogen) atoms. The number of carbonyl (C=O) groups is 3. The number of anilines is 1. The highest BCUT2D eigenvalue weighted by atomic mass is 16.5. The van der Waals surface area contributed by atoms with Crippen molar-refractivity contribution in [1.29, 1.82) is 0 Å². The Balaban J connectivity index is 1.70. The number of hydrogen-bond acceptors (Lipinski definition) is 5. The summed E-state index contributed by atoms with van der Waals surface area (Å²) in [6, 6.07) is 11.5. The summed E-state index contributed by atoms with van der Waals surface area (Å²) in [5, 5.41) is 9.04. The van der Waals surface area contributed by atoms with Gasteiger partial charge in [-0.1, -0.05) is 12.1 Å². The van der Waals surface area contributed by atoms with Crippen LogP contribution in [0.2, 0.25) is 0 Å². The molecule has 2 aromatic rings. The largest absolute Gasteiger partial charge is 0.451 e. The van der Waals surface area contributed by atoms with Crippen molar-refractivity contribution < 1.29 is 24.2 Å². The molecule has 0 aromatic heterocycles. The maximum atomic E-state index is 12.6. The number of amides is 1. The summed E-state index contributed by atoms with van der Waals surface area (Å²) < 4.78 is 5.29. The van der Waals surface area contributed by atoms with E-state index in [0.717, 1.165) is 11.3 Å². The average molecular weight is 367 g/mol. The lowest BCUT2D eigenvalue weighted by atomic mass is 10.0. The highest BCUT2D eigenvalue weighted by Gasteiger charge is 2.25. The van der Waals surface area contributed by atoms with Crippen molar-refractivity contribution in [2.45, 2.75) is 33.0 Å². The fraction of sp³-hybridized carbons (Fsp3) is 0.286. The number of hydrogen-bond donors (Lipinski definition) is 1. The highest BCUT2D eigenvalue weighted by Crippen LogP contribution is 2.29. The van der Waals surface area contributed by atoms with Crippen molar-refractivity contribution in [3.8, 4) is 0 Å². The summed E-state index contributed by atoms with van der Waals surface area (Å²) in [6.07, 6.45) is -0.236. The second kappa shape index (κ2) is 7.72. The Morgan fingerprint density at radius 2 is 1.78 bits per heavy atom. The summed E-state index contributed by atoms with van der Waals surface area (Å²) in [5.41, 5.74) is 3.23. The molecule has 0 aliphatic carbocycles. The number of ketones is 1. The number of rotatable bonds is 5. The second-order valence-electron chi connectivity index (χ2n) is 6.53. The second-order valence-corrected chi connectivity index (χ2v) is 6.53. The lowest BCUT2D eigenvalue weighted by Crippen LogP contribution is -2.26. The van der Waals surface area contributed by atoms with Crippen molar-refractivity contribution in [1.82, 2.24) is 0 Å². The first-order valence-corrected chi connectivity index (χ1v) is 8.76. The van der Waals surface area contributed by atoms with Gasteiger partial charge in [-0.15, -0.1) is 0 Å². The van der Waals surface area contributed by atoms with E-state index in [9.17, 15) is 14.4 Å². The standard InChI is InChI=1S/C21H21NO5/c1-13(27-21(26)16-5-3-15(12-23)4-6-16)20(25)18-7-8-19-17(11-18)9-10-22(19)14(2)24/h3-8,11,13,23H,9-10,12H2,1-2H3. The summed E-state index contributed by atoms with van der Waals surface area (Å²) >= 11 is 0. The molecule has 1 aliphatic heterocycles. The van der Waals surface area contributed by atoms with E-state index in [0.29, 0.717) is 29.7 Å². The smallest absolute Gasteiger partial charge is 0.338 e. The number of carbonyl (C=O) groups excluding carboxylic acids is 3. The third-order valence-corrected chi connectivity index (χ3v) is 4.66. The number of benzene rings is 2. The highest BCUT2D eigenvalue weighted by molar-refractivity contribution is 6.02. The molecule has 1 heterocycles. The first kappa shape index (κ1) is 18.8. The van der Waals surface area contributed by atoms with E-state index in [1.165, 1.54) is 13.8 Å². The van der Waals surface area contributed by atoms with Crippen LogP contribution >= 0.6 is 0 Å². The SMILES string of the molecule is CC(=O)N1CCc2cc(C(=O)C(C)OC(=O)c3ccc(CO)cc3)ccc21. The maximum absolute atomic E-state index is 12.6. The summed E-state index contributed by atoms with van der Waals surface area (Å²) in [7, 11) is 0. The number of fused-ring (bicyclic) bond motifs is 1. The Morgan fingerprint density at radius 3 is 2.41 bits per heavy atom. The Labute approximate surface area is 157 Å². The molecule has 0 saturated carbocycles. The van der Waals surface area contributed by atoms with E-state index in [4.69, 9.17) is 9.84 Å². The molecule has 0 saturated heterocycles. The Bertz CT molecular complexity index is 888. The van der Waals surface area contributed by atoms with Crippen LogP contribution in [0.5, 0.6) is 0 Å². The van der Waals surface area contributed by atoms with Crippen LogP contribution in [0.4, 0.5) is 5.69 Å². The molecular weight excluding hydrogens is 346 g/mol. The minimum absolute atomic E-state index is 0.0256. The Kier molecular flexibility index (Phi) is 5.37. The molecule has 0 bridgehead atoms. The predicted octanol–water partition coefficient (Wildman–Crippen LogP) is 2.52. The van der Waals surface area contributed by atoms with Crippen LogP contribution in [0.15, 0.2) is 42.5 Å². The molecule has 0 spiro atoms. The van der Waals surface area contributed by atoms with Crippen LogP contribution in [-0.2, 0) is 22.6 Å². The number of nitrogens with zero attached hydrogens (tertiary/aromatic N) is 1. The van der Waals surface area contributed by atoms with Gasteiger partial charge in [0.05, 0.1) is 12.2 Å². The van der Waals surface area contributed by atoms with Crippen molar-refractivity contribution in [2.75, 3.05) is 11.4 Å². The molecule has 3 rings (SSSR count). The minimum Gasteiger partial charge on any atom is -0.451 e. The van der Waals surface area contributed by atoms with Crippen LogP contribution in [-0.4, -0.2) is 35.4 Å². The van der Waals surface area contributed by atoms with Gasteiger partial charge in [0.1, 0.15) is 0 Å². The van der Waals surface area contributed by atoms with Crippen LogP contribution < -0.4 is 4.90 Å². The lowest BCUT2D eigenvalue weighted by Gasteiger charge is -2.16. The molecule has 1 unspecified atom stereocenters. The Morgan fingerprint density at radius 1 is 1.11 bits per heavy atom. The van der Waals surface area contributed by atoms with Gasteiger partial charge >= 0.3 is 5.97 Å². The van der Waals surface area contributed by atoms with Crippen LogP contribution in [0, 0.1) is 0 Å². The number of esters is 1. The molecule has 0 fully saturated rings. The number of aliphatic hydroxyl groups excluding tert-OH is 1. The van der Waals surface area contributed by atoms with Gasteiger partial charge in [-0.3, -0.25) is 9.59 Å². The monoisotopic (exact) mass is 367 g/mol. The quantitative estimate of drug-likeness (QED) is 0.648. The van der Waals surface area contributed by atoms with Crippen molar-refractivity contribution in [3.63, 3.8) is 0 Å². The van der Waals surface area contributed by atoms with Crippen molar-refractivity contribution in [3.05, 3.63) is 64.7 Å². The van der Waals surface area contributed by atoms with Gasteiger partial charge in [0, 0.05) is 24.7 Å². The van der Waals surface area contributed by atoms with Crippen LogP contribution in [0.1, 0.15) is 45.7 Å². The molecule has 140 valence electrons. The molecule has 6 heteroatoms. The summed E-state index contributed by atoms with van der Waals surface area (Å²) in [6.45, 7) is 3.56. The molecule has 0 radical (unpaired) electrons. The van der Waals surface area contributed by atoms with E-state index in [1.807, 2.05) is 0 Å². The minimum atomic E-state index is -0.932. The predicted molar refractivity (Wildman–Crippen MR) is 99.7 cm³/mol. The van der Waals surface area contributed by atoms with Crippen LogP contribution in [0.25, 0.3) is 0 Å². The number of aliphatic hydroxyl groups is 1. The molecule has 2 aromatic carbocycles. The zero-order chi connectivity index (χ0) is 19.6. The van der Waals surface area contributed by atoms with E-state index in [2.05, 4.69) is 0 Å². The first-order valence-electron chi connectivity index (χ1n) is 8.76. The normalized spacial score (nSPS) is 13.8. The fourth-order valence-electron chi connectivity index (χ4n) is 3.15. The maximum Gasteiger partial charge on any atom is 0.338 e. The first-order chi connectivity index (χ1) is 12.9. The zero-order valence-corrected chi connectivity index (χ0v) is 15.3. The molecule has 1 atom stereocenters. The van der Waals surface area contributed by atoms with Gasteiger partial charge < -0.3 is 14.7 Å². The average Bonchev–Trinajstić information content (AvgIpc) is 3.10.